The summed E-state index contributed by atoms with van der Waals surface area (Å²) in [7, 11) is 0. The van der Waals surface area contributed by atoms with Crippen LogP contribution in [0.25, 0.3) is 32.2 Å². The number of nitrogens with two attached hydrogens (primary N) is 1. The third-order valence-corrected chi connectivity index (χ3v) is 8.10. The van der Waals surface area contributed by atoms with Gasteiger partial charge in [0.1, 0.15) is 9.71 Å². The normalized spacial score (nSPS) is 13.7. The number of benzene rings is 2. The number of thiazole rings is 1. The van der Waals surface area contributed by atoms with Gasteiger partial charge in [-0.3, -0.25) is 10.1 Å². The Bertz CT molecular complexity index is 1520. The van der Waals surface area contributed by atoms with E-state index in [1.54, 1.807) is 0 Å². The molecule has 0 aliphatic heterocycles. The van der Waals surface area contributed by atoms with Gasteiger partial charge in [-0.25, -0.2) is 9.97 Å². The van der Waals surface area contributed by atoms with Crippen molar-refractivity contribution in [1.29, 1.82) is 0 Å². The molecule has 3 N–H and O–H groups in total. The monoisotopic (exact) mass is 470 g/mol. The summed E-state index contributed by atoms with van der Waals surface area (Å²) in [5.41, 5.74) is 11.2. The Hall–Kier alpha value is -3.29. The number of amides is 1. The lowest BCUT2D eigenvalue weighted by molar-refractivity contribution is 0.103. The number of hydrogen-bond donors (Lipinski definition) is 2. The molecule has 0 radical (unpaired) electrons. The number of carbonyl (C=O) groups excluding carboxylic acids is 1. The molecule has 3 heterocycles. The first-order valence-corrected chi connectivity index (χ1v) is 12.8. The Kier molecular flexibility index (Phi) is 5.08. The summed E-state index contributed by atoms with van der Waals surface area (Å²) in [6, 6.07) is 16.7. The van der Waals surface area contributed by atoms with Crippen molar-refractivity contribution in [3.8, 4) is 11.3 Å². The highest BCUT2D eigenvalue weighted by molar-refractivity contribution is 7.21. The maximum Gasteiger partial charge on any atom is 0.269 e. The molecule has 5 nitrogen and oxygen atoms in total. The fraction of sp³-hybridized carbons (Fsp3) is 0.192. The van der Waals surface area contributed by atoms with E-state index in [0.29, 0.717) is 15.7 Å². The lowest BCUT2D eigenvalue weighted by Gasteiger charge is -2.04. The lowest BCUT2D eigenvalue weighted by Crippen LogP contribution is -2.11. The van der Waals surface area contributed by atoms with E-state index in [1.807, 2.05) is 17.5 Å². The van der Waals surface area contributed by atoms with Gasteiger partial charge in [0, 0.05) is 22.0 Å². The smallest absolute Gasteiger partial charge is 0.269 e. The topological polar surface area (TPSA) is 80.9 Å². The van der Waals surface area contributed by atoms with E-state index in [0.717, 1.165) is 45.4 Å². The second-order valence-electron chi connectivity index (χ2n) is 8.41. The maximum absolute atomic E-state index is 13.1. The van der Waals surface area contributed by atoms with Crippen LogP contribution in [0.3, 0.4) is 0 Å². The van der Waals surface area contributed by atoms with E-state index < -0.39 is 0 Å². The van der Waals surface area contributed by atoms with E-state index in [9.17, 15) is 4.79 Å². The summed E-state index contributed by atoms with van der Waals surface area (Å²) in [6.45, 7) is 0. The number of nitrogen functional groups attached to an aromatic ring is 1. The zero-order valence-corrected chi connectivity index (χ0v) is 19.6. The first-order valence-electron chi connectivity index (χ1n) is 11.1. The molecule has 0 atom stereocenters. The predicted octanol–water partition coefficient (Wildman–Crippen LogP) is 6.68. The number of hydrogen-bond acceptors (Lipinski definition) is 6. The summed E-state index contributed by atoms with van der Waals surface area (Å²) < 4.78 is 0. The Morgan fingerprint density at radius 3 is 2.73 bits per heavy atom. The number of aromatic nitrogens is 2. The minimum absolute atomic E-state index is 0.231. The van der Waals surface area contributed by atoms with Crippen LogP contribution in [0.15, 0.2) is 53.9 Å². The molecule has 3 aromatic heterocycles. The maximum atomic E-state index is 13.1. The molecule has 0 unspecified atom stereocenters. The summed E-state index contributed by atoms with van der Waals surface area (Å²) >= 11 is 2.78. The Morgan fingerprint density at radius 1 is 0.970 bits per heavy atom. The number of carbonyl (C=O) groups is 1. The molecule has 6 rings (SSSR count). The van der Waals surface area contributed by atoms with Gasteiger partial charge in [-0.2, -0.15) is 0 Å². The minimum atomic E-state index is -0.231. The number of aryl methyl sites for hydroxylation is 2. The van der Waals surface area contributed by atoms with Gasteiger partial charge < -0.3 is 5.73 Å². The van der Waals surface area contributed by atoms with Crippen molar-refractivity contribution in [1.82, 2.24) is 9.97 Å². The molecule has 164 valence electrons. The number of fused-ring (bicyclic) bond motifs is 3. The van der Waals surface area contributed by atoms with Crippen LogP contribution in [0, 0.1) is 0 Å². The van der Waals surface area contributed by atoms with Crippen molar-refractivity contribution in [2.24, 2.45) is 0 Å². The van der Waals surface area contributed by atoms with E-state index in [-0.39, 0.29) is 5.91 Å². The first kappa shape index (κ1) is 20.3. The molecule has 1 amide bonds. The van der Waals surface area contributed by atoms with Gasteiger partial charge in [0.05, 0.1) is 11.4 Å². The Balaban J connectivity index is 1.27. The fourth-order valence-electron chi connectivity index (χ4n) is 4.47. The van der Waals surface area contributed by atoms with Crippen molar-refractivity contribution in [2.45, 2.75) is 32.1 Å². The zero-order chi connectivity index (χ0) is 22.4. The van der Waals surface area contributed by atoms with Crippen LogP contribution >= 0.6 is 22.7 Å². The number of pyridine rings is 1. The molecule has 7 heteroatoms. The second-order valence-corrected chi connectivity index (χ2v) is 10.3. The van der Waals surface area contributed by atoms with Crippen LogP contribution < -0.4 is 11.1 Å². The van der Waals surface area contributed by atoms with Crippen molar-refractivity contribution in [2.75, 3.05) is 11.1 Å². The van der Waals surface area contributed by atoms with Crippen LogP contribution in [0.1, 0.15) is 40.2 Å². The molecule has 0 fully saturated rings. The number of thiophene rings is 1. The van der Waals surface area contributed by atoms with Crippen molar-refractivity contribution in [3.05, 3.63) is 70.0 Å². The van der Waals surface area contributed by atoms with Crippen LogP contribution in [0.5, 0.6) is 0 Å². The molecule has 0 spiro atoms. The predicted molar refractivity (Wildman–Crippen MR) is 138 cm³/mol. The molecular weight excluding hydrogens is 448 g/mol. The van der Waals surface area contributed by atoms with E-state index in [1.165, 1.54) is 52.9 Å². The molecule has 33 heavy (non-hydrogen) atoms. The summed E-state index contributed by atoms with van der Waals surface area (Å²) in [5, 5.41) is 8.71. The van der Waals surface area contributed by atoms with Crippen LogP contribution in [-0.4, -0.2) is 15.9 Å². The Morgan fingerprint density at radius 2 is 1.82 bits per heavy atom. The molecular formula is C26H22N4OS2. The van der Waals surface area contributed by atoms with Gasteiger partial charge in [-0.15, -0.1) is 22.7 Å². The number of nitrogens with one attached hydrogen (secondary N) is 1. The summed E-state index contributed by atoms with van der Waals surface area (Å²) in [5.74, 6) is -0.231. The number of rotatable bonds is 3. The summed E-state index contributed by atoms with van der Waals surface area (Å²) in [6.07, 6.45) is 5.62. The van der Waals surface area contributed by atoms with E-state index in [2.05, 4.69) is 46.7 Å². The highest BCUT2D eigenvalue weighted by Crippen LogP contribution is 2.36. The molecule has 5 aromatic rings. The van der Waals surface area contributed by atoms with Gasteiger partial charge in [0.2, 0.25) is 0 Å². The SMILES string of the molecule is Nc1c(C(=O)Nc2nc(-c3ccc4ccccc4c3)cs2)sc2nc3c(cc12)CCCCC3. The lowest BCUT2D eigenvalue weighted by atomic mass is 10.1. The van der Waals surface area contributed by atoms with Crippen molar-refractivity contribution >= 4 is 60.4 Å². The number of nitrogens with zero attached hydrogens (tertiary/aromatic N) is 2. The molecule has 1 aliphatic carbocycles. The largest absolute Gasteiger partial charge is 0.397 e. The third kappa shape index (κ3) is 3.77. The molecule has 0 bridgehead atoms. The van der Waals surface area contributed by atoms with Crippen LogP contribution in [0.4, 0.5) is 10.8 Å². The van der Waals surface area contributed by atoms with Crippen LogP contribution in [0.2, 0.25) is 0 Å². The van der Waals surface area contributed by atoms with Gasteiger partial charge in [0.15, 0.2) is 5.13 Å². The third-order valence-electron chi connectivity index (χ3n) is 6.23. The van der Waals surface area contributed by atoms with E-state index in [4.69, 9.17) is 10.7 Å². The van der Waals surface area contributed by atoms with Gasteiger partial charge in [-0.05, 0) is 54.2 Å². The van der Waals surface area contributed by atoms with Crippen molar-refractivity contribution < 1.29 is 4.79 Å². The molecule has 0 saturated heterocycles. The fourth-order valence-corrected chi connectivity index (χ4v) is 6.18. The quantitative estimate of drug-likeness (QED) is 0.288. The van der Waals surface area contributed by atoms with Crippen LogP contribution in [-0.2, 0) is 12.8 Å². The van der Waals surface area contributed by atoms with Crippen molar-refractivity contribution in [3.63, 3.8) is 0 Å². The first-order chi connectivity index (χ1) is 16.2. The van der Waals surface area contributed by atoms with E-state index >= 15 is 0 Å². The summed E-state index contributed by atoms with van der Waals surface area (Å²) in [4.78, 5) is 23.9. The van der Waals surface area contributed by atoms with Gasteiger partial charge in [0.25, 0.3) is 5.91 Å². The highest BCUT2D eigenvalue weighted by atomic mass is 32.1. The Labute approximate surface area is 199 Å². The highest BCUT2D eigenvalue weighted by Gasteiger charge is 2.21. The zero-order valence-electron chi connectivity index (χ0n) is 17.9. The molecule has 1 aliphatic rings. The van der Waals surface area contributed by atoms with Gasteiger partial charge in [-0.1, -0.05) is 42.8 Å². The standard InChI is InChI=1S/C26H22N4OS2/c27-22-19-13-17-8-2-1-3-9-20(17)28-25(19)33-23(22)24(31)30-26-29-21(14-32-26)18-11-10-15-6-4-5-7-16(15)12-18/h4-7,10-14H,1-3,8-9,27H2,(H,29,30,31). The average Bonchev–Trinajstić information content (AvgIpc) is 3.34. The second kappa shape index (κ2) is 8.24. The average molecular weight is 471 g/mol. The molecule has 0 saturated carbocycles. The minimum Gasteiger partial charge on any atom is -0.397 e. The number of anilines is 2. The van der Waals surface area contributed by atoms with Gasteiger partial charge >= 0.3 is 0 Å². The molecule has 2 aromatic carbocycles.